The topological polar surface area (TPSA) is 78.0 Å². The Morgan fingerprint density at radius 3 is 2.47 bits per heavy atom. The minimum absolute atomic E-state index is 0.242. The van der Waals surface area contributed by atoms with Crippen molar-refractivity contribution >= 4 is 39.2 Å². The predicted molar refractivity (Wildman–Crippen MR) is 120 cm³/mol. The molecule has 5 nitrogen and oxygen atoms in total. The van der Waals surface area contributed by atoms with Crippen LogP contribution in [0.4, 0.5) is 4.39 Å². The van der Waals surface area contributed by atoms with Gasteiger partial charge in [0.25, 0.3) is 5.56 Å². The molecule has 0 saturated carbocycles. The summed E-state index contributed by atoms with van der Waals surface area (Å²) in [5.41, 5.74) is 7.34. The summed E-state index contributed by atoms with van der Waals surface area (Å²) in [7, 11) is 0. The Morgan fingerprint density at radius 1 is 1.17 bits per heavy atom. The Kier molecular flexibility index (Phi) is 5.44. The molecule has 152 valence electrons. The molecule has 8 heteroatoms. The minimum Gasteiger partial charge on any atom is -0.369 e. The zero-order valence-corrected chi connectivity index (χ0v) is 17.9. The van der Waals surface area contributed by atoms with Crippen molar-refractivity contribution in [2.24, 2.45) is 5.73 Å². The first-order valence-electron chi connectivity index (χ1n) is 9.20. The highest BCUT2D eigenvalue weighted by atomic mass is 32.2. The van der Waals surface area contributed by atoms with Gasteiger partial charge in [-0.1, -0.05) is 42.1 Å². The number of amides is 1. The summed E-state index contributed by atoms with van der Waals surface area (Å²) >= 11 is 2.55. The van der Waals surface area contributed by atoms with Crippen molar-refractivity contribution < 1.29 is 9.18 Å². The number of primary amides is 1. The monoisotopic (exact) mass is 439 g/mol. The molecule has 30 heavy (non-hydrogen) atoms. The smallest absolute Gasteiger partial charge is 0.268 e. The number of carbonyl (C=O) groups excluding carboxylic acids is 1. The maximum Gasteiger partial charge on any atom is 0.268 e. The first-order valence-corrected chi connectivity index (χ1v) is 10.9. The van der Waals surface area contributed by atoms with Gasteiger partial charge in [0.15, 0.2) is 5.16 Å². The fourth-order valence-corrected chi connectivity index (χ4v) is 5.17. The van der Waals surface area contributed by atoms with E-state index in [0.717, 1.165) is 27.8 Å². The summed E-state index contributed by atoms with van der Waals surface area (Å²) in [4.78, 5) is 31.5. The molecular weight excluding hydrogens is 421 g/mol. The van der Waals surface area contributed by atoms with Crippen molar-refractivity contribution in [1.29, 1.82) is 0 Å². The molecule has 0 spiro atoms. The largest absolute Gasteiger partial charge is 0.369 e. The van der Waals surface area contributed by atoms with Gasteiger partial charge >= 0.3 is 0 Å². The number of aryl methyl sites for hydroxylation is 1. The maximum absolute atomic E-state index is 13.7. The molecule has 0 aliphatic carbocycles. The van der Waals surface area contributed by atoms with E-state index in [-0.39, 0.29) is 11.4 Å². The van der Waals surface area contributed by atoms with Crippen molar-refractivity contribution in [2.45, 2.75) is 24.3 Å². The zero-order valence-electron chi connectivity index (χ0n) is 16.3. The number of carbonyl (C=O) groups is 1. The molecule has 2 aromatic heterocycles. The van der Waals surface area contributed by atoms with E-state index in [0.29, 0.717) is 21.1 Å². The highest BCUT2D eigenvalue weighted by Gasteiger charge is 2.23. The number of benzene rings is 2. The second-order valence-corrected chi connectivity index (χ2v) is 9.26. The molecule has 1 atom stereocenters. The fourth-order valence-electron chi connectivity index (χ4n) is 3.21. The first kappa shape index (κ1) is 20.3. The number of aromatic nitrogens is 2. The number of thiophene rings is 1. The number of para-hydroxylation sites is 1. The van der Waals surface area contributed by atoms with Crippen molar-refractivity contribution in [3.63, 3.8) is 0 Å². The van der Waals surface area contributed by atoms with Gasteiger partial charge in [0.1, 0.15) is 10.6 Å². The Labute approximate surface area is 180 Å². The fraction of sp³-hybridized carbons (Fsp3) is 0.136. The van der Waals surface area contributed by atoms with Crippen LogP contribution in [0, 0.1) is 12.7 Å². The number of nitrogens with two attached hydrogens (primary N) is 1. The molecule has 0 radical (unpaired) electrons. The molecule has 1 amide bonds. The third kappa shape index (κ3) is 3.64. The minimum atomic E-state index is -0.554. The molecule has 4 rings (SSSR count). The van der Waals surface area contributed by atoms with Gasteiger partial charge in [0, 0.05) is 10.4 Å². The Balaban J connectivity index is 2.03. The number of hydrogen-bond donors (Lipinski definition) is 1. The summed E-state index contributed by atoms with van der Waals surface area (Å²) in [6.45, 7) is 3.60. The molecule has 0 saturated heterocycles. The Hall–Kier alpha value is -2.97. The van der Waals surface area contributed by atoms with E-state index >= 15 is 0 Å². The van der Waals surface area contributed by atoms with Crippen molar-refractivity contribution in [3.05, 3.63) is 75.6 Å². The van der Waals surface area contributed by atoms with Crippen molar-refractivity contribution in [3.8, 4) is 16.8 Å². The van der Waals surface area contributed by atoms with Crippen LogP contribution in [0.15, 0.2) is 64.5 Å². The van der Waals surface area contributed by atoms with E-state index in [1.807, 2.05) is 37.3 Å². The molecule has 4 aromatic rings. The first-order chi connectivity index (χ1) is 14.4. The lowest BCUT2D eigenvalue weighted by Crippen LogP contribution is -2.26. The van der Waals surface area contributed by atoms with Gasteiger partial charge in [-0.2, -0.15) is 0 Å². The molecule has 2 aromatic carbocycles. The summed E-state index contributed by atoms with van der Waals surface area (Å²) in [5, 5.41) is 0.322. The molecule has 0 bridgehead atoms. The lowest BCUT2D eigenvalue weighted by Gasteiger charge is -2.14. The maximum atomic E-state index is 13.7. The highest BCUT2D eigenvalue weighted by molar-refractivity contribution is 8.00. The molecule has 2 heterocycles. The van der Waals surface area contributed by atoms with Crippen LogP contribution < -0.4 is 11.3 Å². The van der Waals surface area contributed by atoms with Gasteiger partial charge in [-0.15, -0.1) is 11.3 Å². The number of rotatable bonds is 5. The van der Waals surface area contributed by atoms with E-state index in [9.17, 15) is 14.0 Å². The van der Waals surface area contributed by atoms with Crippen LogP contribution in [0.3, 0.4) is 0 Å². The van der Waals surface area contributed by atoms with Crippen LogP contribution in [-0.4, -0.2) is 20.7 Å². The van der Waals surface area contributed by atoms with E-state index in [4.69, 9.17) is 10.7 Å². The number of thioether (sulfide) groups is 1. The van der Waals surface area contributed by atoms with Crippen LogP contribution in [-0.2, 0) is 4.79 Å². The lowest BCUT2D eigenvalue weighted by molar-refractivity contribution is -0.117. The van der Waals surface area contributed by atoms with Crippen molar-refractivity contribution in [2.75, 3.05) is 0 Å². The van der Waals surface area contributed by atoms with Crippen LogP contribution in [0.2, 0.25) is 0 Å². The van der Waals surface area contributed by atoms with E-state index in [1.165, 1.54) is 28.0 Å². The van der Waals surface area contributed by atoms with Crippen LogP contribution in [0.1, 0.15) is 11.8 Å². The number of hydrogen-bond acceptors (Lipinski definition) is 5. The van der Waals surface area contributed by atoms with Crippen LogP contribution >= 0.6 is 23.1 Å². The highest BCUT2D eigenvalue weighted by Crippen LogP contribution is 2.37. The molecule has 0 aliphatic rings. The van der Waals surface area contributed by atoms with Gasteiger partial charge in [-0.05, 0) is 43.7 Å². The molecule has 0 aliphatic heterocycles. The van der Waals surface area contributed by atoms with Gasteiger partial charge in [-0.3, -0.25) is 14.2 Å². The van der Waals surface area contributed by atoms with E-state index in [2.05, 4.69) is 0 Å². The molecule has 2 N–H and O–H groups in total. The third-order valence-electron chi connectivity index (χ3n) is 4.70. The predicted octanol–water partition coefficient (Wildman–Crippen LogP) is 4.53. The zero-order chi connectivity index (χ0) is 21.4. The molecule has 0 fully saturated rings. The number of nitrogens with zero attached hydrogens (tertiary/aromatic N) is 2. The van der Waals surface area contributed by atoms with Crippen molar-refractivity contribution in [1.82, 2.24) is 9.55 Å². The third-order valence-corrected chi connectivity index (χ3v) is 6.77. The van der Waals surface area contributed by atoms with Gasteiger partial charge in [0.2, 0.25) is 5.91 Å². The van der Waals surface area contributed by atoms with E-state index < -0.39 is 11.2 Å². The SMILES string of the molecule is Cc1sc2nc(SC(C)C(N)=O)n(-c3ccccc3)c(=O)c2c1-c1ccc(F)cc1. The second kappa shape index (κ2) is 8.04. The van der Waals surface area contributed by atoms with Gasteiger partial charge in [-0.25, -0.2) is 9.37 Å². The van der Waals surface area contributed by atoms with Gasteiger partial charge in [0.05, 0.1) is 16.3 Å². The Bertz CT molecular complexity index is 1300. The average molecular weight is 440 g/mol. The standard InChI is InChI=1S/C22H18FN3O2S2/c1-12-17(14-8-10-15(23)11-9-14)18-20(29-12)25-22(30-13(2)19(24)27)26(21(18)28)16-6-4-3-5-7-16/h3-11,13H,1-2H3,(H2,24,27). The quantitative estimate of drug-likeness (QED) is 0.366. The second-order valence-electron chi connectivity index (χ2n) is 6.75. The van der Waals surface area contributed by atoms with Gasteiger partial charge < -0.3 is 5.73 Å². The summed E-state index contributed by atoms with van der Waals surface area (Å²) in [5.74, 6) is -0.821. The average Bonchev–Trinajstić information content (AvgIpc) is 3.05. The lowest BCUT2D eigenvalue weighted by atomic mass is 10.0. The number of fused-ring (bicyclic) bond motifs is 1. The van der Waals surface area contributed by atoms with E-state index in [1.54, 1.807) is 19.1 Å². The summed E-state index contributed by atoms with van der Waals surface area (Å²) < 4.78 is 14.9. The summed E-state index contributed by atoms with van der Waals surface area (Å²) in [6, 6.07) is 15.2. The normalized spacial score (nSPS) is 12.2. The van der Waals surface area contributed by atoms with Crippen LogP contribution in [0.5, 0.6) is 0 Å². The Morgan fingerprint density at radius 2 is 1.83 bits per heavy atom. The summed E-state index contributed by atoms with van der Waals surface area (Å²) in [6.07, 6.45) is 0. The molecular formula is C22H18FN3O2S2. The van der Waals surface area contributed by atoms with Crippen LogP contribution in [0.25, 0.3) is 27.0 Å². The molecule has 1 unspecified atom stereocenters. The number of halogens is 1.